The predicted molar refractivity (Wildman–Crippen MR) is 96.0 cm³/mol. The first kappa shape index (κ1) is 17.1. The van der Waals surface area contributed by atoms with Crippen LogP contribution >= 0.6 is 0 Å². The summed E-state index contributed by atoms with van der Waals surface area (Å²) >= 11 is 0. The van der Waals surface area contributed by atoms with Crippen molar-refractivity contribution in [3.05, 3.63) is 66.0 Å². The number of piperazine rings is 1. The van der Waals surface area contributed by atoms with Gasteiger partial charge in [0.2, 0.25) is 11.8 Å². The lowest BCUT2D eigenvalue weighted by atomic mass is 9.91. The lowest BCUT2D eigenvalue weighted by Gasteiger charge is -2.36. The van der Waals surface area contributed by atoms with Gasteiger partial charge in [0.05, 0.1) is 5.92 Å². The molecule has 3 rings (SSSR count). The molecule has 0 aliphatic carbocycles. The Kier molecular flexibility index (Phi) is 5.43. The molecule has 1 atom stereocenters. The Morgan fingerprint density at radius 3 is 2.16 bits per heavy atom. The van der Waals surface area contributed by atoms with E-state index in [1.54, 1.807) is 24.2 Å². The third kappa shape index (κ3) is 4.24. The van der Waals surface area contributed by atoms with Gasteiger partial charge in [-0.15, -0.1) is 0 Å². The third-order valence-electron chi connectivity index (χ3n) is 4.73. The average Bonchev–Trinajstić information content (AvgIpc) is 2.67. The molecule has 1 saturated heterocycles. The summed E-state index contributed by atoms with van der Waals surface area (Å²) in [5.41, 5.74) is 2.12. The molecule has 5 nitrogen and oxygen atoms in total. The SMILES string of the molecule is CC(=O)N1CCN(C(=O)C(Cc2ccncc2)c2ccccc2)CC1. The number of aromatic nitrogens is 1. The van der Waals surface area contributed by atoms with Crippen molar-refractivity contribution in [3.8, 4) is 0 Å². The minimum absolute atomic E-state index is 0.0727. The van der Waals surface area contributed by atoms with Crippen LogP contribution in [0.5, 0.6) is 0 Å². The van der Waals surface area contributed by atoms with Crippen LogP contribution in [0.15, 0.2) is 54.9 Å². The van der Waals surface area contributed by atoms with Crippen molar-refractivity contribution in [2.75, 3.05) is 26.2 Å². The molecular weight excluding hydrogens is 314 g/mol. The highest BCUT2D eigenvalue weighted by Crippen LogP contribution is 2.24. The number of carbonyl (C=O) groups is 2. The smallest absolute Gasteiger partial charge is 0.230 e. The monoisotopic (exact) mass is 337 g/mol. The third-order valence-corrected chi connectivity index (χ3v) is 4.73. The summed E-state index contributed by atoms with van der Waals surface area (Å²) in [5.74, 6) is -0.0119. The zero-order valence-electron chi connectivity index (χ0n) is 14.5. The van der Waals surface area contributed by atoms with Crippen molar-refractivity contribution in [3.63, 3.8) is 0 Å². The zero-order valence-corrected chi connectivity index (χ0v) is 14.5. The number of benzene rings is 1. The fourth-order valence-corrected chi connectivity index (χ4v) is 3.25. The minimum Gasteiger partial charge on any atom is -0.339 e. The number of pyridine rings is 1. The van der Waals surface area contributed by atoms with Gasteiger partial charge in [-0.1, -0.05) is 30.3 Å². The normalized spacial score (nSPS) is 15.7. The van der Waals surface area contributed by atoms with E-state index in [0.29, 0.717) is 32.6 Å². The second-order valence-electron chi connectivity index (χ2n) is 6.35. The van der Waals surface area contributed by atoms with Gasteiger partial charge in [-0.3, -0.25) is 14.6 Å². The Hall–Kier alpha value is -2.69. The van der Waals surface area contributed by atoms with E-state index >= 15 is 0 Å². The van der Waals surface area contributed by atoms with Crippen molar-refractivity contribution in [2.24, 2.45) is 0 Å². The predicted octanol–water partition coefficient (Wildman–Crippen LogP) is 2.10. The Morgan fingerprint density at radius 2 is 1.56 bits per heavy atom. The first-order valence-corrected chi connectivity index (χ1v) is 8.63. The minimum atomic E-state index is -0.215. The Balaban J connectivity index is 1.77. The van der Waals surface area contributed by atoms with Crippen molar-refractivity contribution < 1.29 is 9.59 Å². The lowest BCUT2D eigenvalue weighted by molar-refractivity contribution is -0.139. The van der Waals surface area contributed by atoms with Gasteiger partial charge in [-0.25, -0.2) is 0 Å². The van der Waals surface area contributed by atoms with Crippen LogP contribution in [0.25, 0.3) is 0 Å². The van der Waals surface area contributed by atoms with E-state index in [9.17, 15) is 9.59 Å². The van der Waals surface area contributed by atoms with Gasteiger partial charge in [0, 0.05) is 45.5 Å². The number of nitrogens with zero attached hydrogens (tertiary/aromatic N) is 3. The maximum Gasteiger partial charge on any atom is 0.230 e. The molecule has 1 aliphatic rings. The quantitative estimate of drug-likeness (QED) is 0.858. The molecule has 1 aromatic carbocycles. The highest BCUT2D eigenvalue weighted by atomic mass is 16.2. The Morgan fingerprint density at radius 1 is 0.960 bits per heavy atom. The Labute approximate surface area is 148 Å². The maximum atomic E-state index is 13.2. The van der Waals surface area contributed by atoms with Crippen LogP contribution in [0.4, 0.5) is 0 Å². The Bertz CT molecular complexity index is 710. The summed E-state index contributed by atoms with van der Waals surface area (Å²) in [6, 6.07) is 13.8. The van der Waals surface area contributed by atoms with E-state index in [1.165, 1.54) is 0 Å². The van der Waals surface area contributed by atoms with Crippen LogP contribution < -0.4 is 0 Å². The summed E-state index contributed by atoms with van der Waals surface area (Å²) in [5, 5.41) is 0. The van der Waals surface area contributed by atoms with Gasteiger partial charge in [0.1, 0.15) is 0 Å². The summed E-state index contributed by atoms with van der Waals surface area (Å²) in [7, 11) is 0. The molecule has 0 spiro atoms. The second-order valence-corrected chi connectivity index (χ2v) is 6.35. The standard InChI is InChI=1S/C20H23N3O2/c1-16(24)22-11-13-23(14-12-22)20(25)19(18-5-3-2-4-6-18)15-17-7-9-21-10-8-17/h2-10,19H,11-15H2,1H3. The van der Waals surface area contributed by atoms with E-state index in [2.05, 4.69) is 4.98 Å². The van der Waals surface area contributed by atoms with Gasteiger partial charge < -0.3 is 9.80 Å². The number of amides is 2. The highest BCUT2D eigenvalue weighted by Gasteiger charge is 2.29. The molecule has 1 aromatic heterocycles. The van der Waals surface area contributed by atoms with Crippen LogP contribution in [0.3, 0.4) is 0 Å². The van der Waals surface area contributed by atoms with Crippen molar-refractivity contribution in [1.29, 1.82) is 0 Å². The van der Waals surface area contributed by atoms with Crippen LogP contribution in [-0.2, 0) is 16.0 Å². The highest BCUT2D eigenvalue weighted by molar-refractivity contribution is 5.84. The molecule has 2 heterocycles. The zero-order chi connectivity index (χ0) is 17.6. The lowest BCUT2D eigenvalue weighted by Crippen LogP contribution is -2.51. The molecular formula is C20H23N3O2. The number of hydrogen-bond donors (Lipinski definition) is 0. The summed E-state index contributed by atoms with van der Waals surface area (Å²) in [6.45, 7) is 3.99. The number of carbonyl (C=O) groups excluding carboxylic acids is 2. The van der Waals surface area contributed by atoms with E-state index in [4.69, 9.17) is 0 Å². The average molecular weight is 337 g/mol. The van der Waals surface area contributed by atoms with Crippen LogP contribution in [-0.4, -0.2) is 52.8 Å². The molecule has 5 heteroatoms. The first-order valence-electron chi connectivity index (χ1n) is 8.63. The van der Waals surface area contributed by atoms with E-state index in [-0.39, 0.29) is 17.7 Å². The number of hydrogen-bond acceptors (Lipinski definition) is 3. The van der Waals surface area contributed by atoms with Crippen LogP contribution in [0, 0.1) is 0 Å². The van der Waals surface area contributed by atoms with Gasteiger partial charge in [0.25, 0.3) is 0 Å². The van der Waals surface area contributed by atoms with Gasteiger partial charge in [0.15, 0.2) is 0 Å². The van der Waals surface area contributed by atoms with Gasteiger partial charge in [-0.2, -0.15) is 0 Å². The second kappa shape index (κ2) is 7.92. The molecule has 0 saturated carbocycles. The fourth-order valence-electron chi connectivity index (χ4n) is 3.25. The largest absolute Gasteiger partial charge is 0.339 e. The molecule has 2 aromatic rings. The van der Waals surface area contributed by atoms with Crippen molar-refractivity contribution >= 4 is 11.8 Å². The molecule has 0 radical (unpaired) electrons. The van der Waals surface area contributed by atoms with E-state index in [1.807, 2.05) is 47.4 Å². The molecule has 2 amide bonds. The summed E-state index contributed by atoms with van der Waals surface area (Å²) < 4.78 is 0. The molecule has 25 heavy (non-hydrogen) atoms. The topological polar surface area (TPSA) is 53.5 Å². The van der Waals surface area contributed by atoms with Crippen molar-refractivity contribution in [1.82, 2.24) is 14.8 Å². The molecule has 1 unspecified atom stereocenters. The molecule has 130 valence electrons. The van der Waals surface area contributed by atoms with Crippen LogP contribution in [0.1, 0.15) is 24.0 Å². The molecule has 0 N–H and O–H groups in total. The van der Waals surface area contributed by atoms with Crippen molar-refractivity contribution in [2.45, 2.75) is 19.3 Å². The molecule has 1 fully saturated rings. The molecule has 1 aliphatic heterocycles. The van der Waals surface area contributed by atoms with Gasteiger partial charge >= 0.3 is 0 Å². The van der Waals surface area contributed by atoms with E-state index < -0.39 is 0 Å². The summed E-state index contributed by atoms with van der Waals surface area (Å²) in [4.78, 5) is 32.4. The first-order chi connectivity index (χ1) is 12.1. The number of rotatable bonds is 4. The maximum absolute atomic E-state index is 13.2. The molecule has 0 bridgehead atoms. The summed E-state index contributed by atoms with van der Waals surface area (Å²) in [6.07, 6.45) is 4.17. The van der Waals surface area contributed by atoms with E-state index in [0.717, 1.165) is 11.1 Å². The van der Waals surface area contributed by atoms with Gasteiger partial charge in [-0.05, 0) is 29.7 Å². The van der Waals surface area contributed by atoms with Crippen LogP contribution in [0.2, 0.25) is 0 Å². The fraction of sp³-hybridized carbons (Fsp3) is 0.350.